The molecular weight excluding hydrogens is 257 g/mol. The zero-order valence-corrected chi connectivity index (χ0v) is 12.1. The van der Waals surface area contributed by atoms with E-state index in [-0.39, 0.29) is 11.7 Å². The van der Waals surface area contributed by atoms with Gasteiger partial charge in [-0.25, -0.2) is 4.39 Å². The summed E-state index contributed by atoms with van der Waals surface area (Å²) in [6.07, 6.45) is 1.84. The van der Waals surface area contributed by atoms with Gasteiger partial charge < -0.3 is 0 Å². The normalized spacial score (nSPS) is 19.7. The lowest BCUT2D eigenvalue weighted by Gasteiger charge is -2.15. The minimum atomic E-state index is -0.195. The summed E-state index contributed by atoms with van der Waals surface area (Å²) in [4.78, 5) is 1.04. The van der Waals surface area contributed by atoms with Gasteiger partial charge in [-0.3, -0.25) is 0 Å². The predicted octanol–water partition coefficient (Wildman–Crippen LogP) is 4.92. The summed E-state index contributed by atoms with van der Waals surface area (Å²) in [5, 5.41) is 9.21. The highest BCUT2D eigenvalue weighted by molar-refractivity contribution is 8.02. The van der Waals surface area contributed by atoms with Crippen molar-refractivity contribution < 1.29 is 4.39 Å². The van der Waals surface area contributed by atoms with Crippen LogP contribution in [0.1, 0.15) is 37.8 Å². The smallest absolute Gasteiger partial charge is 0.123 e. The number of hydrogen-bond acceptors (Lipinski definition) is 2. The van der Waals surface area contributed by atoms with Crippen LogP contribution in [0.4, 0.5) is 4.39 Å². The van der Waals surface area contributed by atoms with Crippen molar-refractivity contribution in [3.05, 3.63) is 57.3 Å². The van der Waals surface area contributed by atoms with Crippen LogP contribution in [-0.4, -0.2) is 0 Å². The van der Waals surface area contributed by atoms with E-state index in [0.717, 1.165) is 16.0 Å². The van der Waals surface area contributed by atoms with Gasteiger partial charge in [0.15, 0.2) is 0 Å². The third-order valence-electron chi connectivity index (χ3n) is 3.60. The molecule has 0 amide bonds. The Balaban J connectivity index is 2.52. The van der Waals surface area contributed by atoms with Gasteiger partial charge in [0.1, 0.15) is 5.82 Å². The first kappa shape index (κ1) is 13.9. The summed E-state index contributed by atoms with van der Waals surface area (Å²) in [6.45, 7) is 6.05. The number of fused-ring (bicyclic) bond motifs is 1. The van der Waals surface area contributed by atoms with Crippen LogP contribution in [-0.2, 0) is 5.75 Å². The van der Waals surface area contributed by atoms with E-state index in [0.29, 0.717) is 11.3 Å². The Morgan fingerprint density at radius 1 is 1.53 bits per heavy atom. The van der Waals surface area contributed by atoms with Gasteiger partial charge in [0, 0.05) is 16.6 Å². The Morgan fingerprint density at radius 2 is 2.26 bits per heavy atom. The maximum Gasteiger partial charge on any atom is 0.123 e. The van der Waals surface area contributed by atoms with Crippen LogP contribution in [0.5, 0.6) is 0 Å². The summed E-state index contributed by atoms with van der Waals surface area (Å²) in [6, 6.07) is 7.23. The summed E-state index contributed by atoms with van der Waals surface area (Å²) < 4.78 is 13.4. The fourth-order valence-corrected chi connectivity index (χ4v) is 3.63. The average molecular weight is 273 g/mol. The lowest BCUT2D eigenvalue weighted by molar-refractivity contribution is 0.625. The molecule has 1 nitrogen and oxygen atoms in total. The lowest BCUT2D eigenvalue weighted by atomic mass is 9.89. The van der Waals surface area contributed by atoms with Gasteiger partial charge in [-0.05, 0) is 37.1 Å². The minimum Gasteiger partial charge on any atom is -0.207 e. The number of allylic oxidation sites excluding steroid dienone is 3. The van der Waals surface area contributed by atoms with Gasteiger partial charge >= 0.3 is 0 Å². The Hall–Kier alpha value is -1.53. The topological polar surface area (TPSA) is 23.8 Å². The van der Waals surface area contributed by atoms with E-state index in [1.807, 2.05) is 19.1 Å². The van der Waals surface area contributed by atoms with Crippen LogP contribution in [0.25, 0.3) is 0 Å². The maximum atomic E-state index is 13.4. The number of nitriles is 1. The summed E-state index contributed by atoms with van der Waals surface area (Å²) in [7, 11) is 0. The predicted molar refractivity (Wildman–Crippen MR) is 78.2 cm³/mol. The first-order valence-corrected chi connectivity index (χ1v) is 7.25. The first-order chi connectivity index (χ1) is 9.08. The van der Waals surface area contributed by atoms with Crippen molar-refractivity contribution in [2.24, 2.45) is 0 Å². The third kappa shape index (κ3) is 2.59. The van der Waals surface area contributed by atoms with Crippen molar-refractivity contribution in [3.63, 3.8) is 0 Å². The van der Waals surface area contributed by atoms with E-state index in [1.54, 1.807) is 17.8 Å². The molecule has 1 aromatic carbocycles. The van der Waals surface area contributed by atoms with Gasteiger partial charge in [-0.1, -0.05) is 24.6 Å². The molecule has 0 saturated carbocycles. The van der Waals surface area contributed by atoms with Crippen LogP contribution in [0.2, 0.25) is 0 Å². The SMILES string of the molecule is C/C=C(/C#N)C1=C(C)C(C)c2ccc(F)cc2CS1. The molecule has 1 aliphatic rings. The van der Waals surface area contributed by atoms with E-state index in [1.165, 1.54) is 11.6 Å². The molecule has 3 heteroatoms. The van der Waals surface area contributed by atoms with Crippen molar-refractivity contribution in [2.45, 2.75) is 32.4 Å². The van der Waals surface area contributed by atoms with E-state index in [4.69, 9.17) is 0 Å². The molecule has 2 rings (SSSR count). The number of nitrogens with zero attached hydrogens (tertiary/aromatic N) is 1. The molecule has 1 aromatic rings. The third-order valence-corrected chi connectivity index (χ3v) is 4.89. The fraction of sp³-hybridized carbons (Fsp3) is 0.312. The van der Waals surface area contributed by atoms with E-state index < -0.39 is 0 Å². The van der Waals surface area contributed by atoms with Gasteiger partial charge in [0.05, 0.1) is 11.6 Å². The first-order valence-electron chi connectivity index (χ1n) is 6.27. The largest absolute Gasteiger partial charge is 0.207 e. The molecule has 1 atom stereocenters. The Morgan fingerprint density at radius 3 is 2.89 bits per heavy atom. The summed E-state index contributed by atoms with van der Waals surface area (Å²) in [5.74, 6) is 0.728. The zero-order valence-electron chi connectivity index (χ0n) is 11.3. The highest BCUT2D eigenvalue weighted by Crippen LogP contribution is 2.41. The average Bonchev–Trinajstić information content (AvgIpc) is 2.52. The van der Waals surface area contributed by atoms with E-state index in [2.05, 4.69) is 19.9 Å². The van der Waals surface area contributed by atoms with Gasteiger partial charge in [0.25, 0.3) is 0 Å². The van der Waals surface area contributed by atoms with Crippen LogP contribution in [0.15, 0.2) is 40.3 Å². The molecular formula is C16H16FNS. The monoisotopic (exact) mass is 273 g/mol. The lowest BCUT2D eigenvalue weighted by Crippen LogP contribution is -1.99. The molecule has 0 spiro atoms. The molecule has 19 heavy (non-hydrogen) atoms. The highest BCUT2D eigenvalue weighted by Gasteiger charge is 2.22. The second-order valence-electron chi connectivity index (χ2n) is 4.68. The van der Waals surface area contributed by atoms with Gasteiger partial charge in [-0.15, -0.1) is 11.8 Å². The zero-order chi connectivity index (χ0) is 14.0. The molecule has 0 radical (unpaired) electrons. The van der Waals surface area contributed by atoms with Crippen LogP contribution in [0, 0.1) is 17.1 Å². The van der Waals surface area contributed by atoms with Crippen molar-refractivity contribution in [1.29, 1.82) is 5.26 Å². The molecule has 98 valence electrons. The van der Waals surface area contributed by atoms with Gasteiger partial charge in [-0.2, -0.15) is 5.26 Å². The van der Waals surface area contributed by atoms with Gasteiger partial charge in [0.2, 0.25) is 0 Å². The van der Waals surface area contributed by atoms with Crippen LogP contribution in [0.3, 0.4) is 0 Å². The number of hydrogen-bond donors (Lipinski definition) is 0. The van der Waals surface area contributed by atoms with Crippen molar-refractivity contribution in [1.82, 2.24) is 0 Å². The number of benzene rings is 1. The molecule has 1 aliphatic heterocycles. The maximum absolute atomic E-state index is 13.4. The molecule has 0 saturated heterocycles. The molecule has 0 bridgehead atoms. The fourth-order valence-electron chi connectivity index (χ4n) is 2.35. The number of thioether (sulfide) groups is 1. The second-order valence-corrected chi connectivity index (χ2v) is 5.67. The second kappa shape index (κ2) is 5.63. The van der Waals surface area contributed by atoms with Crippen LogP contribution < -0.4 is 0 Å². The molecule has 0 aliphatic carbocycles. The van der Waals surface area contributed by atoms with E-state index >= 15 is 0 Å². The quantitative estimate of drug-likeness (QED) is 0.678. The minimum absolute atomic E-state index is 0.195. The van der Waals surface area contributed by atoms with Crippen LogP contribution >= 0.6 is 11.8 Å². The molecule has 1 unspecified atom stereocenters. The summed E-state index contributed by atoms with van der Waals surface area (Å²) in [5.41, 5.74) is 4.09. The Kier molecular flexibility index (Phi) is 4.11. The van der Waals surface area contributed by atoms with Crippen molar-refractivity contribution in [2.75, 3.05) is 0 Å². The Bertz CT molecular complexity index is 608. The standard InChI is InChI=1S/C16H16FNS/c1-4-12(8-18)16-11(3)10(2)15-6-5-14(17)7-13(15)9-19-16/h4-7,10H,9H2,1-3H3/b12-4-. The highest BCUT2D eigenvalue weighted by atomic mass is 32.2. The molecule has 0 N–H and O–H groups in total. The Labute approximate surface area is 117 Å². The molecule has 0 fully saturated rings. The van der Waals surface area contributed by atoms with Crippen molar-refractivity contribution >= 4 is 11.8 Å². The number of halogens is 1. The van der Waals surface area contributed by atoms with E-state index in [9.17, 15) is 9.65 Å². The van der Waals surface area contributed by atoms with Crippen molar-refractivity contribution in [3.8, 4) is 6.07 Å². The summed E-state index contributed by atoms with van der Waals surface area (Å²) >= 11 is 1.63. The molecule has 1 heterocycles. The molecule has 0 aromatic heterocycles. The number of rotatable bonds is 1.